The third-order valence-electron chi connectivity index (χ3n) is 3.62. The Kier molecular flexibility index (Phi) is 4.78. The molecule has 23 heavy (non-hydrogen) atoms. The average molecular weight is 336 g/mol. The number of anilines is 1. The molecule has 1 saturated heterocycles. The van der Waals surface area contributed by atoms with E-state index in [1.165, 1.54) is 25.3 Å². The minimum atomic E-state index is -0.463. The molecule has 2 amide bonds. The van der Waals surface area contributed by atoms with E-state index in [9.17, 15) is 9.18 Å². The van der Waals surface area contributed by atoms with Gasteiger partial charge < -0.3 is 19.7 Å². The van der Waals surface area contributed by atoms with Crippen molar-refractivity contribution in [1.29, 1.82) is 0 Å². The molecule has 0 saturated carbocycles. The fraction of sp³-hybridized carbons (Fsp3) is 0.312. The maximum atomic E-state index is 13.4. The summed E-state index contributed by atoms with van der Waals surface area (Å²) in [5, 5.41) is 4.76. The number of hydrogen-bond donors (Lipinski definition) is 1. The molecule has 0 spiro atoms. The lowest BCUT2D eigenvalue weighted by Crippen LogP contribution is -2.44. The van der Waals surface area contributed by atoms with E-state index in [2.05, 4.69) is 5.32 Å². The molecule has 0 aliphatic carbocycles. The molecule has 122 valence electrons. The molecule has 2 aromatic rings. The van der Waals surface area contributed by atoms with E-state index < -0.39 is 5.82 Å². The van der Waals surface area contributed by atoms with Crippen LogP contribution in [0.25, 0.3) is 0 Å². The van der Waals surface area contributed by atoms with Gasteiger partial charge in [-0.15, -0.1) is 11.3 Å². The van der Waals surface area contributed by atoms with Crippen molar-refractivity contribution in [3.63, 3.8) is 0 Å². The van der Waals surface area contributed by atoms with Crippen LogP contribution in [0, 0.1) is 5.82 Å². The normalized spacial score (nSPS) is 17.8. The highest BCUT2D eigenvalue weighted by atomic mass is 32.1. The van der Waals surface area contributed by atoms with Gasteiger partial charge in [0.05, 0.1) is 20.3 Å². The van der Waals surface area contributed by atoms with Gasteiger partial charge in [0.25, 0.3) is 0 Å². The van der Waals surface area contributed by atoms with Crippen molar-refractivity contribution < 1.29 is 18.7 Å². The number of benzene rings is 1. The standard InChI is InChI=1S/C16H17FN2O3S/c1-21-13-9-11(4-5-12(13)17)18-16(20)19-6-7-22-14(10-19)15-3-2-8-23-15/h2-5,8-9,14H,6-7,10H2,1H3,(H,18,20). The number of carbonyl (C=O) groups excluding carboxylic acids is 1. The van der Waals surface area contributed by atoms with E-state index >= 15 is 0 Å². The maximum absolute atomic E-state index is 13.4. The first-order chi connectivity index (χ1) is 11.2. The molecule has 3 rings (SSSR count). The van der Waals surface area contributed by atoms with Gasteiger partial charge in [0.15, 0.2) is 11.6 Å². The molecule has 1 aromatic carbocycles. The number of hydrogen-bond acceptors (Lipinski definition) is 4. The van der Waals surface area contributed by atoms with Gasteiger partial charge >= 0.3 is 6.03 Å². The number of halogens is 1. The van der Waals surface area contributed by atoms with E-state index in [4.69, 9.17) is 9.47 Å². The van der Waals surface area contributed by atoms with Crippen molar-refractivity contribution >= 4 is 23.1 Å². The predicted molar refractivity (Wildman–Crippen MR) is 86.6 cm³/mol. The highest BCUT2D eigenvalue weighted by Gasteiger charge is 2.26. The number of methoxy groups -OCH3 is 1. The second-order valence-electron chi connectivity index (χ2n) is 5.10. The van der Waals surface area contributed by atoms with Gasteiger partial charge in [0.1, 0.15) is 6.10 Å². The maximum Gasteiger partial charge on any atom is 0.322 e. The first-order valence-corrected chi connectivity index (χ1v) is 8.10. The minimum Gasteiger partial charge on any atom is -0.494 e. The monoisotopic (exact) mass is 336 g/mol. The third kappa shape index (κ3) is 3.62. The number of thiophene rings is 1. The average Bonchev–Trinajstić information content (AvgIpc) is 3.11. The zero-order valence-electron chi connectivity index (χ0n) is 12.6. The summed E-state index contributed by atoms with van der Waals surface area (Å²) < 4.78 is 24.1. The molecule has 2 heterocycles. The van der Waals surface area contributed by atoms with Gasteiger partial charge in [0, 0.05) is 23.2 Å². The summed E-state index contributed by atoms with van der Waals surface area (Å²) in [5.74, 6) is -0.365. The molecule has 0 radical (unpaired) electrons. The van der Waals surface area contributed by atoms with Gasteiger partial charge in [-0.25, -0.2) is 9.18 Å². The highest BCUT2D eigenvalue weighted by molar-refractivity contribution is 7.10. The summed E-state index contributed by atoms with van der Waals surface area (Å²) in [6.45, 7) is 1.50. The summed E-state index contributed by atoms with van der Waals surface area (Å²) in [6.07, 6.45) is -0.0998. The van der Waals surface area contributed by atoms with Gasteiger partial charge in [-0.1, -0.05) is 6.07 Å². The number of nitrogens with zero attached hydrogens (tertiary/aromatic N) is 1. The van der Waals surface area contributed by atoms with E-state index in [1.807, 2.05) is 17.5 Å². The fourth-order valence-electron chi connectivity index (χ4n) is 2.42. The lowest BCUT2D eigenvalue weighted by atomic mass is 10.2. The molecule has 1 aromatic heterocycles. The van der Waals surface area contributed by atoms with E-state index in [1.54, 1.807) is 16.2 Å². The minimum absolute atomic E-state index is 0.0984. The van der Waals surface area contributed by atoms with Crippen LogP contribution in [0.5, 0.6) is 5.75 Å². The number of urea groups is 1. The third-order valence-corrected chi connectivity index (χ3v) is 4.58. The largest absolute Gasteiger partial charge is 0.494 e. The van der Waals surface area contributed by atoms with Crippen LogP contribution in [-0.4, -0.2) is 37.7 Å². The molecular formula is C16H17FN2O3S. The summed E-state index contributed by atoms with van der Waals surface area (Å²) >= 11 is 1.61. The zero-order chi connectivity index (χ0) is 16.2. The van der Waals surface area contributed by atoms with Gasteiger partial charge in [0.2, 0.25) is 0 Å². The predicted octanol–water partition coefficient (Wildman–Crippen LogP) is 3.50. The van der Waals surface area contributed by atoms with Crippen LogP contribution in [0.2, 0.25) is 0 Å². The van der Waals surface area contributed by atoms with Crippen LogP contribution in [-0.2, 0) is 4.74 Å². The number of nitrogens with one attached hydrogen (secondary N) is 1. The van der Waals surface area contributed by atoms with Crippen molar-refractivity contribution in [2.75, 3.05) is 32.1 Å². The van der Waals surface area contributed by atoms with E-state index in [-0.39, 0.29) is 17.9 Å². The Morgan fingerprint density at radius 2 is 2.35 bits per heavy atom. The number of rotatable bonds is 3. The second-order valence-corrected chi connectivity index (χ2v) is 6.08. The Morgan fingerprint density at radius 1 is 1.48 bits per heavy atom. The van der Waals surface area contributed by atoms with Crippen molar-refractivity contribution in [2.24, 2.45) is 0 Å². The summed E-state index contributed by atoms with van der Waals surface area (Å²) in [5.41, 5.74) is 0.493. The van der Waals surface area contributed by atoms with E-state index in [0.29, 0.717) is 25.4 Å². The van der Waals surface area contributed by atoms with Gasteiger partial charge in [-0.2, -0.15) is 0 Å². The Labute approximate surface area is 137 Å². The van der Waals surface area contributed by atoms with Crippen LogP contribution < -0.4 is 10.1 Å². The quantitative estimate of drug-likeness (QED) is 0.933. The smallest absolute Gasteiger partial charge is 0.322 e. The van der Waals surface area contributed by atoms with Crippen LogP contribution in [0.4, 0.5) is 14.9 Å². The topological polar surface area (TPSA) is 50.8 Å². The highest BCUT2D eigenvalue weighted by Crippen LogP contribution is 2.27. The summed E-state index contributed by atoms with van der Waals surface area (Å²) in [6, 6.07) is 7.97. The second kappa shape index (κ2) is 6.97. The molecule has 1 aliphatic rings. The number of ether oxygens (including phenoxy) is 2. The van der Waals surface area contributed by atoms with E-state index in [0.717, 1.165) is 4.88 Å². The van der Waals surface area contributed by atoms with Crippen molar-refractivity contribution in [1.82, 2.24) is 4.90 Å². The van der Waals surface area contributed by atoms with Gasteiger partial charge in [-0.05, 0) is 23.6 Å². The molecule has 5 nitrogen and oxygen atoms in total. The van der Waals surface area contributed by atoms with Crippen LogP contribution in [0.1, 0.15) is 11.0 Å². The lowest BCUT2D eigenvalue weighted by Gasteiger charge is -2.32. The molecular weight excluding hydrogens is 319 g/mol. The van der Waals surface area contributed by atoms with Gasteiger partial charge in [-0.3, -0.25) is 0 Å². The number of morpholine rings is 1. The fourth-order valence-corrected chi connectivity index (χ4v) is 3.19. The molecule has 1 aliphatic heterocycles. The van der Waals surface area contributed by atoms with Crippen LogP contribution in [0.3, 0.4) is 0 Å². The molecule has 1 atom stereocenters. The number of carbonyl (C=O) groups is 1. The summed E-state index contributed by atoms with van der Waals surface area (Å²) in [7, 11) is 1.39. The Morgan fingerprint density at radius 3 is 3.09 bits per heavy atom. The molecule has 7 heteroatoms. The molecule has 1 unspecified atom stereocenters. The SMILES string of the molecule is COc1cc(NC(=O)N2CCOC(c3cccs3)C2)ccc1F. The molecule has 1 N–H and O–H groups in total. The van der Waals surface area contributed by atoms with Crippen molar-refractivity contribution in [3.05, 3.63) is 46.4 Å². The Bertz CT molecular complexity index is 678. The Hall–Kier alpha value is -2.12. The Balaban J connectivity index is 1.66. The van der Waals surface area contributed by atoms with Crippen LogP contribution >= 0.6 is 11.3 Å². The first kappa shape index (κ1) is 15.8. The van der Waals surface area contributed by atoms with Crippen LogP contribution in [0.15, 0.2) is 35.7 Å². The van der Waals surface area contributed by atoms with Crippen molar-refractivity contribution in [2.45, 2.75) is 6.10 Å². The molecule has 0 bridgehead atoms. The van der Waals surface area contributed by atoms with Crippen molar-refractivity contribution in [3.8, 4) is 5.75 Å². The molecule has 1 fully saturated rings. The lowest BCUT2D eigenvalue weighted by molar-refractivity contribution is -0.0115. The zero-order valence-corrected chi connectivity index (χ0v) is 13.4. The summed E-state index contributed by atoms with van der Waals surface area (Å²) in [4.78, 5) is 15.2. The first-order valence-electron chi connectivity index (χ1n) is 7.22. The number of amides is 2.